The minimum atomic E-state index is -0.495. The number of methoxy groups -OCH3 is 1. The summed E-state index contributed by atoms with van der Waals surface area (Å²) < 4.78 is 5.88. The van der Waals surface area contributed by atoms with Crippen LogP contribution >= 0.6 is 28.1 Å². The Balaban J connectivity index is 2.05. The zero-order valence-corrected chi connectivity index (χ0v) is 15.7. The van der Waals surface area contributed by atoms with Crippen molar-refractivity contribution in [2.45, 2.75) is 6.92 Å². The van der Waals surface area contributed by atoms with Gasteiger partial charge in [0.25, 0.3) is 11.6 Å². The topological polar surface area (TPSA) is 93.5 Å². The van der Waals surface area contributed by atoms with Crippen LogP contribution in [0.3, 0.4) is 0 Å². The highest BCUT2D eigenvalue weighted by Gasteiger charge is 2.14. The normalized spacial score (nSPS) is 10.0. The predicted octanol–water partition coefficient (Wildman–Crippen LogP) is 3.80. The number of nitro benzene ring substituents is 1. The molecule has 0 unspecified atom stereocenters. The van der Waals surface area contributed by atoms with E-state index in [1.807, 2.05) is 0 Å². The van der Waals surface area contributed by atoms with E-state index in [-0.39, 0.29) is 16.4 Å². The SMILES string of the molecule is COc1ccc(NC(=S)NC(=O)c2ccc([N+](=O)[O-])c(C)c2)cc1Br. The van der Waals surface area contributed by atoms with Gasteiger partial charge < -0.3 is 10.1 Å². The maximum atomic E-state index is 12.2. The highest BCUT2D eigenvalue weighted by atomic mass is 79.9. The zero-order chi connectivity index (χ0) is 18.6. The Bertz CT molecular complexity index is 857. The summed E-state index contributed by atoms with van der Waals surface area (Å²) in [5.74, 6) is 0.213. The number of anilines is 1. The molecule has 0 heterocycles. The molecule has 0 aliphatic rings. The number of ether oxygens (including phenoxy) is 1. The summed E-state index contributed by atoms with van der Waals surface area (Å²) in [6.07, 6.45) is 0. The third kappa shape index (κ3) is 4.74. The molecule has 130 valence electrons. The summed E-state index contributed by atoms with van der Waals surface area (Å²) in [7, 11) is 1.56. The van der Waals surface area contributed by atoms with Crippen LogP contribution in [0.2, 0.25) is 0 Å². The molecule has 1 amide bonds. The van der Waals surface area contributed by atoms with Crippen LogP contribution in [0, 0.1) is 17.0 Å². The van der Waals surface area contributed by atoms with Gasteiger partial charge in [0, 0.05) is 22.9 Å². The highest BCUT2D eigenvalue weighted by Crippen LogP contribution is 2.27. The maximum Gasteiger partial charge on any atom is 0.272 e. The first-order valence-electron chi connectivity index (χ1n) is 7.02. The van der Waals surface area contributed by atoms with Crippen molar-refractivity contribution in [2.24, 2.45) is 0 Å². The number of aryl methyl sites for hydroxylation is 1. The average Bonchev–Trinajstić information content (AvgIpc) is 2.54. The second-order valence-electron chi connectivity index (χ2n) is 5.02. The molecule has 0 bridgehead atoms. The molecule has 2 N–H and O–H groups in total. The monoisotopic (exact) mass is 423 g/mol. The van der Waals surface area contributed by atoms with Gasteiger partial charge in [0.1, 0.15) is 5.75 Å². The first-order valence-corrected chi connectivity index (χ1v) is 8.23. The summed E-state index contributed by atoms with van der Waals surface area (Å²) in [4.78, 5) is 22.5. The van der Waals surface area contributed by atoms with Crippen LogP contribution in [0.5, 0.6) is 5.75 Å². The van der Waals surface area contributed by atoms with Crippen LogP contribution in [0.25, 0.3) is 0 Å². The number of thiocarbonyl (C=S) groups is 1. The number of benzene rings is 2. The van der Waals surface area contributed by atoms with E-state index in [0.717, 1.165) is 4.47 Å². The quantitative estimate of drug-likeness (QED) is 0.441. The van der Waals surface area contributed by atoms with Crippen LogP contribution in [-0.4, -0.2) is 23.1 Å². The fourth-order valence-corrected chi connectivity index (χ4v) is 2.83. The molecule has 0 aromatic heterocycles. The molecule has 0 aliphatic carbocycles. The number of halogens is 1. The average molecular weight is 424 g/mol. The van der Waals surface area contributed by atoms with E-state index in [2.05, 4.69) is 26.6 Å². The minimum Gasteiger partial charge on any atom is -0.496 e. The number of hydrogen-bond donors (Lipinski definition) is 2. The molecule has 0 atom stereocenters. The number of rotatable bonds is 4. The van der Waals surface area contributed by atoms with Gasteiger partial charge in [-0.2, -0.15) is 0 Å². The standard InChI is InChI=1S/C16H14BrN3O4S/c1-9-7-10(3-5-13(9)20(22)23)15(21)19-16(25)18-11-4-6-14(24-2)12(17)8-11/h3-8H,1-2H3,(H2,18,19,21,25). The summed E-state index contributed by atoms with van der Waals surface area (Å²) in [6, 6.07) is 9.37. The van der Waals surface area contributed by atoms with Gasteiger partial charge in [0.05, 0.1) is 16.5 Å². The van der Waals surface area contributed by atoms with Gasteiger partial charge in [-0.15, -0.1) is 0 Å². The van der Waals surface area contributed by atoms with E-state index in [0.29, 0.717) is 17.0 Å². The third-order valence-corrected chi connectivity index (χ3v) is 4.12. The molecule has 0 radical (unpaired) electrons. The molecule has 25 heavy (non-hydrogen) atoms. The number of nitro groups is 1. The Morgan fingerprint density at radius 2 is 2.00 bits per heavy atom. The molecule has 0 saturated heterocycles. The second-order valence-corrected chi connectivity index (χ2v) is 6.28. The number of carbonyl (C=O) groups excluding carboxylic acids is 1. The molecular formula is C16H14BrN3O4S. The molecule has 0 spiro atoms. The van der Waals surface area contributed by atoms with Crippen molar-refractivity contribution < 1.29 is 14.5 Å². The van der Waals surface area contributed by atoms with Crippen molar-refractivity contribution in [3.63, 3.8) is 0 Å². The first-order chi connectivity index (χ1) is 11.8. The molecule has 0 fully saturated rings. The first kappa shape index (κ1) is 18.8. The number of amides is 1. The Morgan fingerprint density at radius 3 is 2.56 bits per heavy atom. The van der Waals surface area contributed by atoms with Gasteiger partial charge >= 0.3 is 0 Å². The van der Waals surface area contributed by atoms with Crippen LogP contribution < -0.4 is 15.4 Å². The van der Waals surface area contributed by atoms with E-state index in [9.17, 15) is 14.9 Å². The zero-order valence-electron chi connectivity index (χ0n) is 13.3. The summed E-state index contributed by atoms with van der Waals surface area (Å²) in [5.41, 5.74) is 1.30. The van der Waals surface area contributed by atoms with Gasteiger partial charge in [-0.05, 0) is 65.4 Å². The van der Waals surface area contributed by atoms with Crippen LogP contribution in [0.1, 0.15) is 15.9 Å². The predicted molar refractivity (Wildman–Crippen MR) is 102 cm³/mol. The van der Waals surface area contributed by atoms with Crippen molar-refractivity contribution in [2.75, 3.05) is 12.4 Å². The Morgan fingerprint density at radius 1 is 1.28 bits per heavy atom. The maximum absolute atomic E-state index is 12.2. The van der Waals surface area contributed by atoms with Crippen molar-refractivity contribution >= 4 is 50.5 Å². The molecule has 2 aromatic carbocycles. The fraction of sp³-hybridized carbons (Fsp3) is 0.125. The Hall–Kier alpha value is -2.52. The van der Waals surface area contributed by atoms with Gasteiger partial charge in [0.15, 0.2) is 5.11 Å². The largest absolute Gasteiger partial charge is 0.496 e. The van der Waals surface area contributed by atoms with Gasteiger partial charge in [-0.25, -0.2) is 0 Å². The number of nitrogens with zero attached hydrogens (tertiary/aromatic N) is 1. The molecular weight excluding hydrogens is 410 g/mol. The van der Waals surface area contributed by atoms with Crippen molar-refractivity contribution in [1.82, 2.24) is 5.32 Å². The van der Waals surface area contributed by atoms with E-state index < -0.39 is 10.8 Å². The summed E-state index contributed by atoms with van der Waals surface area (Å²) >= 11 is 8.48. The van der Waals surface area contributed by atoms with Crippen molar-refractivity contribution in [1.29, 1.82) is 0 Å². The molecule has 0 saturated carbocycles. The lowest BCUT2D eigenvalue weighted by Gasteiger charge is -2.11. The number of carbonyl (C=O) groups is 1. The Kier molecular flexibility index (Phi) is 6.05. The van der Waals surface area contributed by atoms with E-state index in [1.54, 1.807) is 32.2 Å². The van der Waals surface area contributed by atoms with Crippen molar-refractivity contribution in [3.05, 3.63) is 62.1 Å². The minimum absolute atomic E-state index is 0.0414. The van der Waals surface area contributed by atoms with E-state index >= 15 is 0 Å². The number of hydrogen-bond acceptors (Lipinski definition) is 5. The summed E-state index contributed by atoms with van der Waals surface area (Å²) in [5, 5.41) is 16.3. The van der Waals surface area contributed by atoms with Gasteiger partial charge in [-0.1, -0.05) is 0 Å². The Labute approximate surface area is 157 Å². The van der Waals surface area contributed by atoms with E-state index in [4.69, 9.17) is 17.0 Å². The molecule has 2 rings (SSSR count). The summed E-state index contributed by atoms with van der Waals surface area (Å²) in [6.45, 7) is 1.57. The lowest BCUT2D eigenvalue weighted by Crippen LogP contribution is -2.34. The van der Waals surface area contributed by atoms with Crippen molar-refractivity contribution in [3.8, 4) is 5.75 Å². The van der Waals surface area contributed by atoms with Crippen LogP contribution in [0.4, 0.5) is 11.4 Å². The van der Waals surface area contributed by atoms with Crippen LogP contribution in [-0.2, 0) is 0 Å². The lowest BCUT2D eigenvalue weighted by atomic mass is 10.1. The molecule has 9 heteroatoms. The third-order valence-electron chi connectivity index (χ3n) is 3.29. The lowest BCUT2D eigenvalue weighted by molar-refractivity contribution is -0.385. The highest BCUT2D eigenvalue weighted by molar-refractivity contribution is 9.10. The second kappa shape index (κ2) is 8.04. The molecule has 2 aromatic rings. The van der Waals surface area contributed by atoms with Gasteiger partial charge in [-0.3, -0.25) is 20.2 Å². The van der Waals surface area contributed by atoms with Gasteiger partial charge in [0.2, 0.25) is 0 Å². The smallest absolute Gasteiger partial charge is 0.272 e. The van der Waals surface area contributed by atoms with E-state index in [1.165, 1.54) is 18.2 Å². The van der Waals surface area contributed by atoms with Crippen LogP contribution in [0.15, 0.2) is 40.9 Å². The molecule has 0 aliphatic heterocycles. The molecule has 7 nitrogen and oxygen atoms in total. The number of nitrogens with one attached hydrogen (secondary N) is 2. The fourth-order valence-electron chi connectivity index (χ4n) is 2.08.